The molecule has 284 valence electrons. The van der Waals surface area contributed by atoms with Gasteiger partial charge in [0.25, 0.3) is 0 Å². The van der Waals surface area contributed by atoms with Crippen LogP contribution in [-0.2, 0) is 6.42 Å². The molecule has 0 radical (unpaired) electrons. The molecule has 0 bridgehead atoms. The van der Waals surface area contributed by atoms with Crippen molar-refractivity contribution in [1.82, 2.24) is 0 Å². The molecule has 0 heterocycles. The Bertz CT molecular complexity index is 2240. The molecule has 16 heteroatoms. The normalized spacial score (nSPS) is 11.9. The summed E-state index contributed by atoms with van der Waals surface area (Å²) in [6.45, 7) is 0. The third-order valence-corrected chi connectivity index (χ3v) is 14.9. The number of rotatable bonds is 8. The van der Waals surface area contributed by atoms with E-state index < -0.39 is 12.7 Å². The van der Waals surface area contributed by atoms with E-state index in [2.05, 4.69) is 206 Å². The summed E-state index contributed by atoms with van der Waals surface area (Å²) in [5.74, 6) is -0.446. The Balaban J connectivity index is 1.19. The molecule has 0 amide bonds. The van der Waals surface area contributed by atoms with Crippen LogP contribution in [0, 0.1) is 28.6 Å². The van der Waals surface area contributed by atoms with Crippen LogP contribution in [0.25, 0.3) is 44.5 Å². The number of halogens is 14. The SMILES string of the molecule is FC(F)(F)Oc1ccc(-c2c(I)cc(-c3ccc(Cc4ccc(-c5cc(I)c(-c6ccc(OC(F)(F)F)c(I)c6)c(I)c5)c(I)c4)cc3I)cc2I)cc1I. The summed E-state index contributed by atoms with van der Waals surface area (Å²) < 4.78 is 92.0. The average Bonchev–Trinajstić information content (AvgIpc) is 3.05. The van der Waals surface area contributed by atoms with E-state index in [1.165, 1.54) is 23.3 Å². The van der Waals surface area contributed by atoms with Crippen molar-refractivity contribution < 1.29 is 35.8 Å². The first-order chi connectivity index (χ1) is 25.8. The van der Waals surface area contributed by atoms with Crippen molar-refractivity contribution in [2.45, 2.75) is 19.1 Å². The van der Waals surface area contributed by atoms with E-state index in [0.29, 0.717) is 7.14 Å². The van der Waals surface area contributed by atoms with Gasteiger partial charge in [0.15, 0.2) is 0 Å². The topological polar surface area (TPSA) is 18.5 Å². The average molecular weight is 1650 g/mol. The molecular formula is C39H18F6I8O2. The van der Waals surface area contributed by atoms with Gasteiger partial charge >= 0.3 is 12.7 Å². The minimum Gasteiger partial charge on any atom is -0.405 e. The van der Waals surface area contributed by atoms with E-state index in [-0.39, 0.29) is 11.5 Å². The van der Waals surface area contributed by atoms with Crippen molar-refractivity contribution in [1.29, 1.82) is 0 Å². The Kier molecular flexibility index (Phi) is 15.1. The first-order valence-corrected chi connectivity index (χ1v) is 24.1. The highest BCUT2D eigenvalue weighted by Crippen LogP contribution is 2.41. The Morgan fingerprint density at radius 2 is 0.691 bits per heavy atom. The van der Waals surface area contributed by atoms with Crippen LogP contribution < -0.4 is 9.47 Å². The van der Waals surface area contributed by atoms with E-state index in [9.17, 15) is 26.3 Å². The highest BCUT2D eigenvalue weighted by Gasteiger charge is 2.33. The highest BCUT2D eigenvalue weighted by molar-refractivity contribution is 14.1. The van der Waals surface area contributed by atoms with Crippen molar-refractivity contribution >= 4 is 181 Å². The number of hydrogen-bond donors (Lipinski definition) is 0. The van der Waals surface area contributed by atoms with Crippen LogP contribution in [0.15, 0.2) is 97.1 Å². The lowest BCUT2D eigenvalue weighted by Crippen LogP contribution is -2.17. The van der Waals surface area contributed by atoms with Gasteiger partial charge in [0.05, 0.1) is 7.14 Å². The van der Waals surface area contributed by atoms with Crippen LogP contribution in [0.5, 0.6) is 11.5 Å². The third kappa shape index (κ3) is 11.4. The minimum absolute atomic E-state index is 0.223. The lowest BCUT2D eigenvalue weighted by atomic mass is 9.96. The molecule has 0 saturated heterocycles. The fraction of sp³-hybridized carbons (Fsp3) is 0.0769. The summed E-state index contributed by atoms with van der Waals surface area (Å²) in [4.78, 5) is 0. The van der Waals surface area contributed by atoms with Crippen LogP contribution in [0.4, 0.5) is 26.3 Å². The standard InChI is InChI=1S/C39H18F6I8O2/c40-38(41,42)54-34-7-3-20(12-28(34)48)36-30(50)14-22(15-31(36)51)24-5-1-18(10-26(24)46)9-19-2-6-25(27(47)11-19)23-16-32(52)37(33(53)17-23)21-4-8-35(29(49)13-21)55-39(43,44)45/h1-8,10-17H,9H2. The summed E-state index contributed by atoms with van der Waals surface area (Å²) in [7, 11) is 0. The molecule has 0 aliphatic carbocycles. The summed E-state index contributed by atoms with van der Waals surface area (Å²) in [6, 6.07) is 30.7. The van der Waals surface area contributed by atoms with Crippen LogP contribution in [0.1, 0.15) is 11.1 Å². The lowest BCUT2D eigenvalue weighted by Gasteiger charge is -2.16. The largest absolute Gasteiger partial charge is 0.573 e. The zero-order chi connectivity index (χ0) is 40.0. The highest BCUT2D eigenvalue weighted by atomic mass is 127. The molecule has 6 aromatic rings. The number of alkyl halides is 6. The van der Waals surface area contributed by atoms with Crippen molar-refractivity contribution in [3.63, 3.8) is 0 Å². The first kappa shape index (κ1) is 44.9. The van der Waals surface area contributed by atoms with Gasteiger partial charge in [-0.15, -0.1) is 26.3 Å². The van der Waals surface area contributed by atoms with Gasteiger partial charge in [0, 0.05) is 32.5 Å². The van der Waals surface area contributed by atoms with E-state index in [0.717, 1.165) is 72.3 Å². The number of ether oxygens (including phenoxy) is 2. The van der Waals surface area contributed by atoms with Gasteiger partial charge in [-0.05, 0) is 292 Å². The van der Waals surface area contributed by atoms with Crippen LogP contribution in [0.2, 0.25) is 0 Å². The van der Waals surface area contributed by atoms with Crippen molar-refractivity contribution in [3.8, 4) is 56.0 Å². The Morgan fingerprint density at radius 3 is 0.982 bits per heavy atom. The second kappa shape index (κ2) is 18.5. The molecule has 0 spiro atoms. The predicted molar refractivity (Wildman–Crippen MR) is 273 cm³/mol. The minimum atomic E-state index is -4.75. The Morgan fingerprint density at radius 1 is 0.364 bits per heavy atom. The molecule has 0 saturated carbocycles. The Labute approximate surface area is 421 Å². The van der Waals surface area contributed by atoms with E-state index >= 15 is 0 Å². The summed E-state index contributed by atoms with van der Waals surface area (Å²) in [5, 5.41) is 0. The zero-order valence-corrected chi connectivity index (χ0v) is 44.3. The molecule has 0 N–H and O–H groups in total. The van der Waals surface area contributed by atoms with Crippen LogP contribution in [0.3, 0.4) is 0 Å². The monoisotopic (exact) mass is 1650 g/mol. The molecule has 55 heavy (non-hydrogen) atoms. The first-order valence-electron chi connectivity index (χ1n) is 15.4. The quantitative estimate of drug-likeness (QED) is 0.112. The molecule has 0 atom stereocenters. The van der Waals surface area contributed by atoms with Gasteiger partial charge in [-0.3, -0.25) is 0 Å². The third-order valence-electron chi connectivity index (χ3n) is 8.07. The molecule has 0 aromatic heterocycles. The van der Waals surface area contributed by atoms with E-state index in [1.807, 2.05) is 45.2 Å². The zero-order valence-electron chi connectivity index (χ0n) is 27.1. The van der Waals surface area contributed by atoms with Gasteiger partial charge < -0.3 is 9.47 Å². The Hall–Kier alpha value is 0.340. The van der Waals surface area contributed by atoms with Crippen LogP contribution >= 0.6 is 181 Å². The molecule has 0 unspecified atom stereocenters. The van der Waals surface area contributed by atoms with Gasteiger partial charge in [-0.25, -0.2) is 0 Å². The fourth-order valence-electron chi connectivity index (χ4n) is 5.78. The summed E-state index contributed by atoms with van der Waals surface area (Å²) >= 11 is 17.6. The maximum Gasteiger partial charge on any atom is 0.573 e. The lowest BCUT2D eigenvalue weighted by molar-refractivity contribution is -0.276. The summed E-state index contributed by atoms with van der Waals surface area (Å²) in [6.07, 6.45) is -8.76. The predicted octanol–water partition coefficient (Wildman–Crippen LogP) is 16.6. The van der Waals surface area contributed by atoms with Crippen molar-refractivity contribution in [2.75, 3.05) is 0 Å². The van der Waals surface area contributed by atoms with Gasteiger partial charge in [-0.1, -0.05) is 36.4 Å². The molecule has 6 rings (SSSR count). The van der Waals surface area contributed by atoms with Crippen LogP contribution in [-0.4, -0.2) is 12.7 Å². The second-order valence-corrected chi connectivity index (χ2v) is 21.1. The fourth-order valence-corrected chi connectivity index (χ4v) is 13.6. The maximum atomic E-state index is 12.8. The molecule has 0 aliphatic rings. The molecule has 2 nitrogen and oxygen atoms in total. The number of hydrogen-bond acceptors (Lipinski definition) is 2. The second-order valence-electron chi connectivity index (χ2n) is 11.8. The molecule has 6 aromatic carbocycles. The van der Waals surface area contributed by atoms with Gasteiger partial charge in [0.2, 0.25) is 0 Å². The van der Waals surface area contributed by atoms with Crippen molar-refractivity contribution in [2.24, 2.45) is 0 Å². The van der Waals surface area contributed by atoms with Gasteiger partial charge in [-0.2, -0.15) is 0 Å². The van der Waals surface area contributed by atoms with Gasteiger partial charge in [0.1, 0.15) is 11.5 Å². The summed E-state index contributed by atoms with van der Waals surface area (Å²) in [5.41, 5.74) is 10.2. The van der Waals surface area contributed by atoms with Crippen molar-refractivity contribution in [3.05, 3.63) is 137 Å². The molecular weight excluding hydrogens is 1630 g/mol. The maximum absolute atomic E-state index is 12.8. The smallest absolute Gasteiger partial charge is 0.405 e. The molecule has 0 fully saturated rings. The van der Waals surface area contributed by atoms with E-state index in [1.54, 1.807) is 24.3 Å². The number of benzene rings is 6. The molecule has 0 aliphatic heterocycles. The van der Waals surface area contributed by atoms with E-state index in [4.69, 9.17) is 0 Å².